The molecule has 0 fully saturated rings. The van der Waals surface area contributed by atoms with Crippen molar-refractivity contribution in [1.29, 1.82) is 0 Å². The maximum absolute atomic E-state index is 5.15. The highest BCUT2D eigenvalue weighted by Gasteiger charge is 2.15. The van der Waals surface area contributed by atoms with E-state index in [1.165, 1.54) is 0 Å². The summed E-state index contributed by atoms with van der Waals surface area (Å²) in [6.07, 6.45) is 1.73. The number of aromatic amines is 1. The fraction of sp³-hybridized carbons (Fsp3) is 0.333. The Bertz CT molecular complexity index is 438. The first-order chi connectivity index (χ1) is 8.35. The van der Waals surface area contributed by atoms with Gasteiger partial charge in [0.25, 0.3) is 0 Å². The number of benzene rings is 1. The Hall–Kier alpha value is -1.88. The first-order valence-electron chi connectivity index (χ1n) is 5.58. The summed E-state index contributed by atoms with van der Waals surface area (Å²) in [5.74, 6) is 0.851. The third-order valence-electron chi connectivity index (χ3n) is 2.59. The standard InChI is InChI=1S/C12H16N4O/c1-3-13-12(11-8-14-16-15-11)9-4-6-10(17-2)7-5-9/h4-8,12-13H,3H2,1-2H3,(H,14,15,16). The minimum atomic E-state index is 0.0599. The minimum absolute atomic E-state index is 0.0599. The van der Waals surface area contributed by atoms with Crippen molar-refractivity contribution in [2.75, 3.05) is 13.7 Å². The molecule has 0 amide bonds. The van der Waals surface area contributed by atoms with Crippen LogP contribution in [0.4, 0.5) is 0 Å². The molecule has 0 radical (unpaired) electrons. The van der Waals surface area contributed by atoms with Crippen LogP contribution in [0.2, 0.25) is 0 Å². The van der Waals surface area contributed by atoms with E-state index in [9.17, 15) is 0 Å². The Morgan fingerprint density at radius 2 is 2.12 bits per heavy atom. The second-order valence-electron chi connectivity index (χ2n) is 3.66. The van der Waals surface area contributed by atoms with Gasteiger partial charge in [0.2, 0.25) is 0 Å². The number of hydrogen-bond donors (Lipinski definition) is 2. The number of H-pyrrole nitrogens is 1. The molecule has 90 valence electrons. The summed E-state index contributed by atoms with van der Waals surface area (Å²) < 4.78 is 5.15. The Kier molecular flexibility index (Phi) is 3.72. The van der Waals surface area contributed by atoms with Gasteiger partial charge in [-0.1, -0.05) is 19.1 Å². The van der Waals surface area contributed by atoms with Gasteiger partial charge >= 0.3 is 0 Å². The third-order valence-corrected chi connectivity index (χ3v) is 2.59. The van der Waals surface area contributed by atoms with Crippen LogP contribution < -0.4 is 10.1 Å². The molecular weight excluding hydrogens is 216 g/mol. The van der Waals surface area contributed by atoms with Crippen LogP contribution in [-0.4, -0.2) is 29.1 Å². The molecule has 0 saturated heterocycles. The summed E-state index contributed by atoms with van der Waals surface area (Å²) in [7, 11) is 1.66. The number of rotatable bonds is 5. The van der Waals surface area contributed by atoms with E-state index in [-0.39, 0.29) is 6.04 Å². The van der Waals surface area contributed by atoms with Gasteiger partial charge in [-0.2, -0.15) is 15.4 Å². The van der Waals surface area contributed by atoms with Gasteiger partial charge in [-0.05, 0) is 24.2 Å². The lowest BCUT2D eigenvalue weighted by molar-refractivity contribution is 0.414. The number of nitrogens with zero attached hydrogens (tertiary/aromatic N) is 2. The van der Waals surface area contributed by atoms with Crippen LogP contribution in [0.15, 0.2) is 30.5 Å². The van der Waals surface area contributed by atoms with Gasteiger partial charge in [0.15, 0.2) is 0 Å². The summed E-state index contributed by atoms with van der Waals surface area (Å²) in [6, 6.07) is 8.01. The van der Waals surface area contributed by atoms with Crippen molar-refractivity contribution in [2.45, 2.75) is 13.0 Å². The number of ether oxygens (including phenoxy) is 1. The minimum Gasteiger partial charge on any atom is -0.497 e. The van der Waals surface area contributed by atoms with Gasteiger partial charge in [0, 0.05) is 0 Å². The quantitative estimate of drug-likeness (QED) is 0.820. The maximum Gasteiger partial charge on any atom is 0.118 e. The van der Waals surface area contributed by atoms with Crippen LogP contribution >= 0.6 is 0 Å². The molecule has 0 bridgehead atoms. The topological polar surface area (TPSA) is 62.8 Å². The van der Waals surface area contributed by atoms with Crippen molar-refractivity contribution in [2.24, 2.45) is 0 Å². The molecule has 2 N–H and O–H groups in total. The highest BCUT2D eigenvalue weighted by molar-refractivity contribution is 5.32. The van der Waals surface area contributed by atoms with Crippen molar-refractivity contribution < 1.29 is 4.74 Å². The number of aromatic nitrogens is 3. The molecule has 1 atom stereocenters. The third kappa shape index (κ3) is 2.62. The zero-order chi connectivity index (χ0) is 12.1. The average molecular weight is 232 g/mol. The second kappa shape index (κ2) is 5.45. The van der Waals surface area contributed by atoms with Crippen LogP contribution in [-0.2, 0) is 0 Å². The SMILES string of the molecule is CCNC(c1ccc(OC)cc1)c1cn[nH]n1. The second-order valence-corrected chi connectivity index (χ2v) is 3.66. The van der Waals surface area contributed by atoms with Gasteiger partial charge < -0.3 is 10.1 Å². The molecule has 1 unspecified atom stereocenters. The molecule has 1 aromatic carbocycles. The van der Waals surface area contributed by atoms with E-state index < -0.39 is 0 Å². The summed E-state index contributed by atoms with van der Waals surface area (Å²) in [5, 5.41) is 14.0. The lowest BCUT2D eigenvalue weighted by Gasteiger charge is -2.15. The molecule has 0 aliphatic heterocycles. The Morgan fingerprint density at radius 1 is 1.35 bits per heavy atom. The lowest BCUT2D eigenvalue weighted by Crippen LogP contribution is -2.22. The van der Waals surface area contributed by atoms with Gasteiger partial charge in [-0.15, -0.1) is 0 Å². The predicted octanol–water partition coefficient (Wildman–Crippen LogP) is 1.51. The van der Waals surface area contributed by atoms with E-state index in [0.29, 0.717) is 0 Å². The van der Waals surface area contributed by atoms with Gasteiger partial charge in [0.1, 0.15) is 11.4 Å². The van der Waals surface area contributed by atoms with Crippen LogP contribution in [0, 0.1) is 0 Å². The van der Waals surface area contributed by atoms with Gasteiger partial charge in [-0.3, -0.25) is 0 Å². The predicted molar refractivity (Wildman–Crippen MR) is 64.9 cm³/mol. The maximum atomic E-state index is 5.15. The normalized spacial score (nSPS) is 12.4. The summed E-state index contributed by atoms with van der Waals surface area (Å²) in [5.41, 5.74) is 2.03. The zero-order valence-corrected chi connectivity index (χ0v) is 9.97. The van der Waals surface area contributed by atoms with E-state index in [0.717, 1.165) is 23.6 Å². The van der Waals surface area contributed by atoms with Crippen LogP contribution in [0.3, 0.4) is 0 Å². The lowest BCUT2D eigenvalue weighted by atomic mass is 10.0. The first kappa shape index (κ1) is 11.6. The highest BCUT2D eigenvalue weighted by Crippen LogP contribution is 2.21. The number of methoxy groups -OCH3 is 1. The highest BCUT2D eigenvalue weighted by atomic mass is 16.5. The molecule has 5 nitrogen and oxygen atoms in total. The number of nitrogens with one attached hydrogen (secondary N) is 2. The van der Waals surface area contributed by atoms with Crippen molar-refractivity contribution >= 4 is 0 Å². The summed E-state index contributed by atoms with van der Waals surface area (Å²) >= 11 is 0. The smallest absolute Gasteiger partial charge is 0.118 e. The first-order valence-corrected chi connectivity index (χ1v) is 5.58. The van der Waals surface area contributed by atoms with Crippen molar-refractivity contribution in [3.05, 3.63) is 41.7 Å². The summed E-state index contributed by atoms with van der Waals surface area (Å²) in [6.45, 7) is 2.93. The van der Waals surface area contributed by atoms with Crippen molar-refractivity contribution in [3.8, 4) is 5.75 Å². The monoisotopic (exact) mass is 232 g/mol. The molecule has 2 rings (SSSR count). The summed E-state index contributed by atoms with van der Waals surface area (Å²) in [4.78, 5) is 0. The molecule has 1 heterocycles. The fourth-order valence-electron chi connectivity index (χ4n) is 1.74. The molecule has 0 aliphatic rings. The molecule has 0 aliphatic carbocycles. The van der Waals surface area contributed by atoms with Crippen LogP contribution in [0.5, 0.6) is 5.75 Å². The van der Waals surface area contributed by atoms with E-state index in [2.05, 4.69) is 27.7 Å². The molecule has 17 heavy (non-hydrogen) atoms. The van der Waals surface area contributed by atoms with Gasteiger partial charge in [0.05, 0.1) is 19.3 Å². The van der Waals surface area contributed by atoms with E-state index >= 15 is 0 Å². The Balaban J connectivity index is 2.26. The fourth-order valence-corrected chi connectivity index (χ4v) is 1.74. The molecule has 0 spiro atoms. The van der Waals surface area contributed by atoms with Crippen molar-refractivity contribution in [1.82, 2.24) is 20.7 Å². The van der Waals surface area contributed by atoms with E-state index in [1.807, 2.05) is 24.3 Å². The number of hydrogen-bond acceptors (Lipinski definition) is 4. The van der Waals surface area contributed by atoms with Crippen molar-refractivity contribution in [3.63, 3.8) is 0 Å². The van der Waals surface area contributed by atoms with Gasteiger partial charge in [-0.25, -0.2) is 0 Å². The Morgan fingerprint density at radius 3 is 2.65 bits per heavy atom. The molecule has 2 aromatic rings. The largest absolute Gasteiger partial charge is 0.497 e. The van der Waals surface area contributed by atoms with Crippen LogP contribution in [0.1, 0.15) is 24.2 Å². The molecule has 1 aromatic heterocycles. The molecular formula is C12H16N4O. The van der Waals surface area contributed by atoms with E-state index in [4.69, 9.17) is 4.74 Å². The zero-order valence-electron chi connectivity index (χ0n) is 9.97. The average Bonchev–Trinajstić information content (AvgIpc) is 2.90. The Labute approximate surface area is 100 Å². The van der Waals surface area contributed by atoms with E-state index in [1.54, 1.807) is 13.3 Å². The van der Waals surface area contributed by atoms with Crippen LogP contribution in [0.25, 0.3) is 0 Å². The molecule has 0 saturated carbocycles. The molecule has 5 heteroatoms.